The van der Waals surface area contributed by atoms with E-state index in [-0.39, 0.29) is 12.2 Å². The number of rotatable bonds is 2. The number of benzene rings is 1. The Hall–Kier alpha value is -2.83. The highest BCUT2D eigenvalue weighted by Gasteiger charge is 2.45. The Balaban J connectivity index is 1.79. The number of fused-ring (bicyclic) bond motifs is 1. The van der Waals surface area contributed by atoms with Crippen molar-refractivity contribution in [1.29, 1.82) is 0 Å². The van der Waals surface area contributed by atoms with Gasteiger partial charge in [-0.25, -0.2) is 9.59 Å². The molecule has 2 aliphatic heterocycles. The lowest BCUT2D eigenvalue weighted by Crippen LogP contribution is -2.56. The van der Waals surface area contributed by atoms with E-state index in [4.69, 9.17) is 14.6 Å². The summed E-state index contributed by atoms with van der Waals surface area (Å²) in [4.78, 5) is 37.5. The van der Waals surface area contributed by atoms with Crippen LogP contribution in [0.15, 0.2) is 24.3 Å². The van der Waals surface area contributed by atoms with Crippen LogP contribution in [0.4, 0.5) is 4.79 Å². The van der Waals surface area contributed by atoms with Crippen molar-refractivity contribution < 1.29 is 29.0 Å². The quantitative estimate of drug-likeness (QED) is 0.781. The van der Waals surface area contributed by atoms with Gasteiger partial charge in [-0.15, -0.1) is 0 Å². The Morgan fingerprint density at radius 1 is 1.32 bits per heavy atom. The van der Waals surface area contributed by atoms with E-state index in [9.17, 15) is 14.4 Å². The summed E-state index contributed by atoms with van der Waals surface area (Å²) in [5.74, 6) is -0.656. The summed E-state index contributed by atoms with van der Waals surface area (Å²) in [5.41, 5.74) is -0.282. The Morgan fingerprint density at radius 3 is 2.75 bits per heavy atom. The lowest BCUT2D eigenvalue weighted by Gasteiger charge is -2.44. The van der Waals surface area contributed by atoms with Crippen LogP contribution in [0.5, 0.6) is 5.75 Å². The molecule has 1 N–H and O–H groups in total. The predicted molar refractivity (Wildman–Crippen MR) is 102 cm³/mol. The maximum absolute atomic E-state index is 12.8. The molecule has 0 bridgehead atoms. The van der Waals surface area contributed by atoms with E-state index < -0.39 is 23.3 Å². The van der Waals surface area contributed by atoms with Crippen molar-refractivity contribution in [3.8, 4) is 5.75 Å². The first kappa shape index (κ1) is 19.9. The van der Waals surface area contributed by atoms with E-state index in [2.05, 4.69) is 0 Å². The van der Waals surface area contributed by atoms with Crippen molar-refractivity contribution in [3.63, 3.8) is 0 Å². The van der Waals surface area contributed by atoms with E-state index in [1.165, 1.54) is 6.08 Å². The van der Waals surface area contributed by atoms with E-state index >= 15 is 0 Å². The van der Waals surface area contributed by atoms with E-state index in [1.54, 1.807) is 23.1 Å². The molecule has 1 spiro atoms. The van der Waals surface area contributed by atoms with E-state index in [1.807, 2.05) is 20.8 Å². The Kier molecular flexibility index (Phi) is 5.19. The minimum Gasteiger partial charge on any atom is -0.484 e. The molecule has 0 aromatic heterocycles. The van der Waals surface area contributed by atoms with Gasteiger partial charge in [0.15, 0.2) is 5.78 Å². The van der Waals surface area contributed by atoms with Gasteiger partial charge in [-0.2, -0.15) is 0 Å². The minimum atomic E-state index is -1.05. The lowest BCUT2D eigenvalue weighted by atomic mass is 9.83. The maximum atomic E-state index is 12.8. The van der Waals surface area contributed by atoms with Crippen LogP contribution in [0.1, 0.15) is 56.0 Å². The maximum Gasteiger partial charge on any atom is 0.410 e. The predicted octanol–water partition coefficient (Wildman–Crippen LogP) is 3.52. The fourth-order valence-corrected chi connectivity index (χ4v) is 3.59. The number of hydrogen-bond donors (Lipinski definition) is 1. The summed E-state index contributed by atoms with van der Waals surface area (Å²) in [6, 6.07) is 5.03. The van der Waals surface area contributed by atoms with E-state index in [0.717, 1.165) is 12.5 Å². The fourth-order valence-electron chi connectivity index (χ4n) is 3.59. The van der Waals surface area contributed by atoms with Gasteiger partial charge in [0.1, 0.15) is 17.0 Å². The second-order valence-electron chi connectivity index (χ2n) is 8.32. The summed E-state index contributed by atoms with van der Waals surface area (Å²) < 4.78 is 11.7. The van der Waals surface area contributed by atoms with Crippen LogP contribution in [0.25, 0.3) is 6.08 Å². The number of piperidine rings is 1. The molecule has 1 amide bonds. The molecule has 2 aliphatic rings. The van der Waals surface area contributed by atoms with Gasteiger partial charge in [0.25, 0.3) is 0 Å². The molecule has 1 unspecified atom stereocenters. The third kappa shape index (κ3) is 4.52. The average molecular weight is 387 g/mol. The van der Waals surface area contributed by atoms with Gasteiger partial charge in [-0.3, -0.25) is 4.79 Å². The van der Waals surface area contributed by atoms with E-state index in [0.29, 0.717) is 36.4 Å². The zero-order valence-corrected chi connectivity index (χ0v) is 16.4. The first-order valence-corrected chi connectivity index (χ1v) is 9.32. The number of nitrogens with zero attached hydrogens (tertiary/aromatic N) is 1. The van der Waals surface area contributed by atoms with Gasteiger partial charge < -0.3 is 19.5 Å². The van der Waals surface area contributed by atoms with Gasteiger partial charge in [0, 0.05) is 12.6 Å². The monoisotopic (exact) mass is 387 g/mol. The number of carbonyl (C=O) groups excluding carboxylic acids is 2. The molecule has 0 aliphatic carbocycles. The molecule has 1 saturated heterocycles. The summed E-state index contributed by atoms with van der Waals surface area (Å²) >= 11 is 0. The molecule has 3 rings (SSSR count). The van der Waals surface area contributed by atoms with Crippen LogP contribution >= 0.6 is 0 Å². The Bertz CT molecular complexity index is 838. The molecule has 2 heterocycles. The third-order valence-electron chi connectivity index (χ3n) is 4.72. The highest BCUT2D eigenvalue weighted by Crippen LogP contribution is 2.39. The summed E-state index contributed by atoms with van der Waals surface area (Å²) in [6.07, 6.45) is 3.63. The normalized spacial score (nSPS) is 22.1. The van der Waals surface area contributed by atoms with Crippen molar-refractivity contribution in [3.05, 3.63) is 35.4 Å². The molecule has 0 saturated carbocycles. The third-order valence-corrected chi connectivity index (χ3v) is 4.72. The summed E-state index contributed by atoms with van der Waals surface area (Å²) in [7, 11) is 0. The van der Waals surface area contributed by atoms with Crippen LogP contribution in [0, 0.1) is 0 Å². The first-order chi connectivity index (χ1) is 13.1. The fraction of sp³-hybridized carbons (Fsp3) is 0.476. The number of carboxylic acids is 1. The number of hydrogen-bond acceptors (Lipinski definition) is 5. The SMILES string of the molecule is CC(C)(C)OC(=O)N1CCCC2(CC(=O)c3cc(/C=C/C(=O)O)ccc3O2)C1. The first-order valence-electron chi connectivity index (χ1n) is 9.32. The van der Waals surface area contributed by atoms with Crippen molar-refractivity contribution in [1.82, 2.24) is 4.90 Å². The van der Waals surface area contributed by atoms with Crippen LogP contribution < -0.4 is 4.74 Å². The van der Waals surface area contributed by atoms with Gasteiger partial charge in [-0.05, 0) is 57.4 Å². The number of aliphatic carboxylic acids is 1. The Morgan fingerprint density at radius 2 is 2.07 bits per heavy atom. The second-order valence-corrected chi connectivity index (χ2v) is 8.32. The lowest BCUT2D eigenvalue weighted by molar-refractivity contribution is -0.131. The molecule has 150 valence electrons. The molecule has 28 heavy (non-hydrogen) atoms. The summed E-state index contributed by atoms with van der Waals surface area (Å²) in [5, 5.41) is 8.75. The number of carboxylic acid groups (broad SMARTS) is 1. The van der Waals surface area contributed by atoms with Crippen LogP contribution in [-0.2, 0) is 9.53 Å². The molecular weight excluding hydrogens is 362 g/mol. The summed E-state index contributed by atoms with van der Waals surface area (Å²) in [6.45, 7) is 6.32. The molecule has 7 heteroatoms. The number of amides is 1. The van der Waals surface area contributed by atoms with Crippen LogP contribution in [0.2, 0.25) is 0 Å². The van der Waals surface area contributed by atoms with Gasteiger partial charge in [-0.1, -0.05) is 6.07 Å². The smallest absolute Gasteiger partial charge is 0.410 e. The van der Waals surface area contributed by atoms with Crippen molar-refractivity contribution in [2.45, 2.75) is 51.2 Å². The van der Waals surface area contributed by atoms with Gasteiger partial charge in [0.2, 0.25) is 0 Å². The standard InChI is InChI=1S/C21H25NO6/c1-20(2,3)28-19(26)22-10-4-9-21(13-22)12-16(23)15-11-14(6-8-18(24)25)5-7-17(15)27-21/h5-8,11H,4,9-10,12-13H2,1-3H3,(H,24,25)/b8-6+. The number of carbonyl (C=O) groups is 3. The van der Waals surface area contributed by atoms with Crippen molar-refractivity contribution >= 4 is 23.9 Å². The molecule has 1 aromatic carbocycles. The highest BCUT2D eigenvalue weighted by molar-refractivity contribution is 6.01. The van der Waals surface area contributed by atoms with Crippen LogP contribution in [0.3, 0.4) is 0 Å². The van der Waals surface area contributed by atoms with Crippen LogP contribution in [-0.4, -0.2) is 52.1 Å². The molecule has 1 aromatic rings. The zero-order chi connectivity index (χ0) is 20.5. The highest BCUT2D eigenvalue weighted by atomic mass is 16.6. The number of ether oxygens (including phenoxy) is 2. The minimum absolute atomic E-state index is 0.0714. The van der Waals surface area contributed by atoms with Crippen molar-refractivity contribution in [2.75, 3.05) is 13.1 Å². The van der Waals surface area contributed by atoms with Crippen molar-refractivity contribution in [2.24, 2.45) is 0 Å². The second kappa shape index (κ2) is 7.30. The molecule has 0 radical (unpaired) electrons. The molecular formula is C21H25NO6. The molecule has 7 nitrogen and oxygen atoms in total. The zero-order valence-electron chi connectivity index (χ0n) is 16.4. The van der Waals surface area contributed by atoms with Gasteiger partial charge >= 0.3 is 12.1 Å². The number of Topliss-reactive ketones (excluding diaryl/α,β-unsaturated/α-hetero) is 1. The molecule has 1 fully saturated rings. The number of likely N-dealkylation sites (tertiary alicyclic amines) is 1. The number of ketones is 1. The molecule has 1 atom stereocenters. The topological polar surface area (TPSA) is 93.1 Å². The largest absolute Gasteiger partial charge is 0.484 e. The Labute approximate surface area is 163 Å². The average Bonchev–Trinajstić information content (AvgIpc) is 2.58. The van der Waals surface area contributed by atoms with Gasteiger partial charge in [0.05, 0.1) is 18.5 Å².